The van der Waals surface area contributed by atoms with Crippen molar-refractivity contribution in [3.05, 3.63) is 95.2 Å². The van der Waals surface area contributed by atoms with Gasteiger partial charge in [0.25, 0.3) is 5.91 Å². The molecule has 0 radical (unpaired) electrons. The van der Waals surface area contributed by atoms with Gasteiger partial charge in [0, 0.05) is 5.56 Å². The highest BCUT2D eigenvalue weighted by molar-refractivity contribution is 5.90. The summed E-state index contributed by atoms with van der Waals surface area (Å²) in [6, 6.07) is 21.8. The maximum Gasteiger partial charge on any atom is 0.264 e. The maximum atomic E-state index is 12.4. The van der Waals surface area contributed by atoms with Crippen molar-refractivity contribution in [1.82, 2.24) is 9.97 Å². The number of para-hydroxylation sites is 1. The van der Waals surface area contributed by atoms with Gasteiger partial charge in [-0.2, -0.15) is 0 Å². The van der Waals surface area contributed by atoms with Crippen molar-refractivity contribution in [1.29, 1.82) is 0 Å². The molecule has 0 saturated heterocycles. The van der Waals surface area contributed by atoms with Crippen LogP contribution < -0.4 is 14.8 Å². The van der Waals surface area contributed by atoms with Gasteiger partial charge in [-0.15, -0.1) is 0 Å². The first-order valence-electron chi connectivity index (χ1n) is 10.8. The van der Waals surface area contributed by atoms with Crippen molar-refractivity contribution in [3.8, 4) is 22.8 Å². The molecule has 0 saturated carbocycles. The van der Waals surface area contributed by atoms with E-state index >= 15 is 0 Å². The van der Waals surface area contributed by atoms with Gasteiger partial charge >= 0.3 is 0 Å². The maximum absolute atomic E-state index is 12.4. The number of nitrogens with one attached hydrogen (secondary N) is 2. The number of anilines is 1. The van der Waals surface area contributed by atoms with E-state index in [1.54, 1.807) is 6.20 Å². The SMILES string of the molecule is Cc1cc(C)c(OCC(=O)Nc2ncc(-c3ccccc3OCc3ccccc3)[nH]2)c(C)c1. The van der Waals surface area contributed by atoms with E-state index in [0.29, 0.717) is 12.6 Å². The molecule has 1 heterocycles. The molecular formula is C27H27N3O3. The van der Waals surface area contributed by atoms with Crippen LogP contribution in [0.3, 0.4) is 0 Å². The Bertz CT molecular complexity index is 1230. The molecule has 0 unspecified atom stereocenters. The van der Waals surface area contributed by atoms with Crippen LogP contribution >= 0.6 is 0 Å². The molecule has 0 aliphatic carbocycles. The molecule has 0 aliphatic heterocycles. The third-order valence-corrected chi connectivity index (χ3v) is 5.20. The standard InChI is InChI=1S/C27H27N3O3/c1-18-13-19(2)26(20(3)14-18)33-17-25(31)30-27-28-15-23(29-27)22-11-7-8-12-24(22)32-16-21-9-5-4-6-10-21/h4-15H,16-17H2,1-3H3,(H2,28,29,30,31). The zero-order valence-electron chi connectivity index (χ0n) is 19.0. The summed E-state index contributed by atoms with van der Waals surface area (Å²) in [5.74, 6) is 1.54. The number of amides is 1. The number of carbonyl (C=O) groups excluding carboxylic acids is 1. The van der Waals surface area contributed by atoms with Gasteiger partial charge in [-0.1, -0.05) is 60.2 Å². The van der Waals surface area contributed by atoms with E-state index in [-0.39, 0.29) is 12.5 Å². The van der Waals surface area contributed by atoms with Crippen LogP contribution in [0.1, 0.15) is 22.3 Å². The molecule has 0 atom stereocenters. The van der Waals surface area contributed by atoms with Crippen LogP contribution in [0.15, 0.2) is 72.9 Å². The zero-order chi connectivity index (χ0) is 23.2. The van der Waals surface area contributed by atoms with Crippen molar-refractivity contribution in [3.63, 3.8) is 0 Å². The molecule has 0 aliphatic rings. The number of nitrogens with zero attached hydrogens (tertiary/aromatic N) is 1. The number of ether oxygens (including phenoxy) is 2. The van der Waals surface area contributed by atoms with Gasteiger partial charge < -0.3 is 14.5 Å². The fraction of sp³-hybridized carbons (Fsp3) is 0.185. The number of hydrogen-bond donors (Lipinski definition) is 2. The van der Waals surface area contributed by atoms with E-state index < -0.39 is 0 Å². The zero-order valence-corrected chi connectivity index (χ0v) is 19.0. The summed E-state index contributed by atoms with van der Waals surface area (Å²) < 4.78 is 11.8. The van der Waals surface area contributed by atoms with Crippen molar-refractivity contribution >= 4 is 11.9 Å². The van der Waals surface area contributed by atoms with Gasteiger partial charge in [-0.3, -0.25) is 10.1 Å². The second-order valence-electron chi connectivity index (χ2n) is 7.98. The van der Waals surface area contributed by atoms with E-state index in [0.717, 1.165) is 45.0 Å². The Labute approximate surface area is 193 Å². The summed E-state index contributed by atoms with van der Waals surface area (Å²) in [6.07, 6.45) is 1.68. The van der Waals surface area contributed by atoms with Crippen molar-refractivity contribution in [2.24, 2.45) is 0 Å². The number of hydrogen-bond acceptors (Lipinski definition) is 4. The Kier molecular flexibility index (Phi) is 6.74. The number of imidazole rings is 1. The Morgan fingerprint density at radius 2 is 1.64 bits per heavy atom. The van der Waals surface area contributed by atoms with Crippen LogP contribution in [0, 0.1) is 20.8 Å². The van der Waals surface area contributed by atoms with Crippen molar-refractivity contribution < 1.29 is 14.3 Å². The van der Waals surface area contributed by atoms with Crippen LogP contribution in [-0.2, 0) is 11.4 Å². The quantitative estimate of drug-likeness (QED) is 0.373. The lowest BCUT2D eigenvalue weighted by Gasteiger charge is -2.12. The van der Waals surface area contributed by atoms with Crippen LogP contribution in [0.2, 0.25) is 0 Å². The molecule has 1 amide bonds. The number of aromatic amines is 1. The lowest BCUT2D eigenvalue weighted by Crippen LogP contribution is -2.21. The first kappa shape index (κ1) is 22.1. The molecule has 4 rings (SSSR count). The van der Waals surface area contributed by atoms with E-state index in [1.165, 1.54) is 0 Å². The van der Waals surface area contributed by atoms with Gasteiger partial charge in [0.15, 0.2) is 6.61 Å². The number of rotatable bonds is 8. The Morgan fingerprint density at radius 3 is 2.39 bits per heavy atom. The Hall–Kier alpha value is -4.06. The molecule has 0 bridgehead atoms. The average molecular weight is 442 g/mol. The first-order valence-corrected chi connectivity index (χ1v) is 10.8. The summed E-state index contributed by atoms with van der Waals surface area (Å²) in [6.45, 7) is 6.35. The molecule has 6 heteroatoms. The highest BCUT2D eigenvalue weighted by Crippen LogP contribution is 2.30. The van der Waals surface area contributed by atoms with Crippen LogP contribution in [0.25, 0.3) is 11.3 Å². The molecule has 33 heavy (non-hydrogen) atoms. The van der Waals surface area contributed by atoms with Gasteiger partial charge in [0.1, 0.15) is 18.1 Å². The topological polar surface area (TPSA) is 76.2 Å². The fourth-order valence-corrected chi connectivity index (χ4v) is 3.77. The second-order valence-corrected chi connectivity index (χ2v) is 7.98. The molecule has 1 aromatic heterocycles. The Morgan fingerprint density at radius 1 is 0.939 bits per heavy atom. The normalized spacial score (nSPS) is 10.6. The number of carbonyl (C=O) groups is 1. The molecule has 168 valence electrons. The lowest BCUT2D eigenvalue weighted by atomic mass is 10.1. The second kappa shape index (κ2) is 10.0. The highest BCUT2D eigenvalue weighted by atomic mass is 16.5. The summed E-state index contributed by atoms with van der Waals surface area (Å²) in [7, 11) is 0. The lowest BCUT2D eigenvalue weighted by molar-refractivity contribution is -0.118. The van der Waals surface area contributed by atoms with Gasteiger partial charge in [0.05, 0.1) is 11.9 Å². The van der Waals surface area contributed by atoms with E-state index in [2.05, 4.69) is 15.3 Å². The van der Waals surface area contributed by atoms with Crippen LogP contribution in [0.5, 0.6) is 11.5 Å². The van der Waals surface area contributed by atoms with Gasteiger partial charge in [-0.25, -0.2) is 4.98 Å². The van der Waals surface area contributed by atoms with Crippen LogP contribution in [0.4, 0.5) is 5.95 Å². The smallest absolute Gasteiger partial charge is 0.264 e. The molecule has 2 N–H and O–H groups in total. The minimum Gasteiger partial charge on any atom is -0.488 e. The third-order valence-electron chi connectivity index (χ3n) is 5.20. The summed E-state index contributed by atoms with van der Waals surface area (Å²) in [4.78, 5) is 19.9. The molecule has 4 aromatic rings. The van der Waals surface area contributed by atoms with Crippen LogP contribution in [-0.4, -0.2) is 22.5 Å². The summed E-state index contributed by atoms with van der Waals surface area (Å²) in [5.41, 5.74) is 5.88. The largest absolute Gasteiger partial charge is 0.488 e. The van der Waals surface area contributed by atoms with E-state index in [9.17, 15) is 4.79 Å². The van der Waals surface area contributed by atoms with E-state index in [1.807, 2.05) is 87.5 Å². The minimum atomic E-state index is -0.288. The third kappa shape index (κ3) is 5.60. The summed E-state index contributed by atoms with van der Waals surface area (Å²) >= 11 is 0. The molecular weight excluding hydrogens is 414 g/mol. The monoisotopic (exact) mass is 441 g/mol. The molecule has 6 nitrogen and oxygen atoms in total. The Balaban J connectivity index is 1.40. The van der Waals surface area contributed by atoms with E-state index in [4.69, 9.17) is 9.47 Å². The van der Waals surface area contributed by atoms with Gasteiger partial charge in [0.2, 0.25) is 5.95 Å². The molecule has 3 aromatic carbocycles. The minimum absolute atomic E-state index is 0.0997. The predicted octanol–water partition coefficient (Wildman–Crippen LogP) is 5.60. The first-order chi connectivity index (χ1) is 16.0. The number of aromatic nitrogens is 2. The fourth-order valence-electron chi connectivity index (χ4n) is 3.77. The summed E-state index contributed by atoms with van der Waals surface area (Å²) in [5, 5.41) is 2.76. The molecule has 0 spiro atoms. The average Bonchev–Trinajstić information content (AvgIpc) is 3.26. The molecule has 0 fully saturated rings. The highest BCUT2D eigenvalue weighted by Gasteiger charge is 2.13. The van der Waals surface area contributed by atoms with Gasteiger partial charge in [-0.05, 0) is 49.6 Å². The number of aryl methyl sites for hydroxylation is 3. The number of H-pyrrole nitrogens is 1. The van der Waals surface area contributed by atoms with Crippen molar-refractivity contribution in [2.75, 3.05) is 11.9 Å². The predicted molar refractivity (Wildman–Crippen MR) is 130 cm³/mol. The van der Waals surface area contributed by atoms with Crippen molar-refractivity contribution in [2.45, 2.75) is 27.4 Å². The number of benzene rings is 3.